The Morgan fingerprint density at radius 1 is 0.661 bits per heavy atom. The number of carbonyl (C=O) groups excluding carboxylic acids is 1. The third-order valence-electron chi connectivity index (χ3n) is 7.44. The van der Waals surface area contributed by atoms with Crippen molar-refractivity contribution in [3.8, 4) is 0 Å². The summed E-state index contributed by atoms with van der Waals surface area (Å²) in [5.74, 6) is 0. The molecule has 308 valence electrons. The molecule has 0 aliphatic rings. The lowest BCUT2D eigenvalue weighted by Gasteiger charge is -2.12. The topological polar surface area (TPSA) is 177 Å². The van der Waals surface area contributed by atoms with Gasteiger partial charge in [-0.3, -0.25) is 19.9 Å². The van der Waals surface area contributed by atoms with Crippen molar-refractivity contribution in [1.82, 2.24) is 24.9 Å². The number of nitrogen functional groups attached to an aromatic ring is 1. The summed E-state index contributed by atoms with van der Waals surface area (Å²) in [5, 5.41) is 2.39. The summed E-state index contributed by atoms with van der Waals surface area (Å²) in [7, 11) is 6.64. The molecule has 5 heterocycles. The minimum absolute atomic E-state index is 0. The van der Waals surface area contributed by atoms with Gasteiger partial charge in [-0.25, -0.2) is 4.98 Å². The Balaban J connectivity index is 0.000000686. The number of unbranched alkanes of at least 4 members (excludes halogenated alkanes) is 1. The first-order chi connectivity index (χ1) is 26.9. The Morgan fingerprint density at radius 2 is 1.07 bits per heavy atom. The summed E-state index contributed by atoms with van der Waals surface area (Å²) in [6.45, 7) is 0. The van der Waals surface area contributed by atoms with Crippen molar-refractivity contribution in [3.05, 3.63) is 131 Å². The van der Waals surface area contributed by atoms with E-state index in [1.54, 1.807) is 76.7 Å². The van der Waals surface area contributed by atoms with Gasteiger partial charge in [-0.1, -0.05) is 27.5 Å². The molecule has 5 aromatic rings. The maximum Gasteiger partial charge on any atom is 0.180 e. The number of aldehydes is 1. The van der Waals surface area contributed by atoms with Gasteiger partial charge in [0.25, 0.3) is 0 Å². The fraction of sp³-hybridized carbons (Fsp3) is 0.415. The van der Waals surface area contributed by atoms with E-state index in [0.717, 1.165) is 74.4 Å². The van der Waals surface area contributed by atoms with Crippen molar-refractivity contribution in [1.29, 1.82) is 0 Å². The molecule has 5 N–H and O–H groups in total. The maximum absolute atomic E-state index is 9.98. The zero-order valence-corrected chi connectivity index (χ0v) is 36.1. The van der Waals surface area contributed by atoms with Gasteiger partial charge >= 0.3 is 0 Å². The van der Waals surface area contributed by atoms with Gasteiger partial charge in [0.05, 0.1) is 0 Å². The van der Waals surface area contributed by atoms with Crippen LogP contribution >= 0.6 is 38.9 Å². The SMILES string of the molecule is COC(CCCBr)OC.COC(CCCc1ccncc1)OC.Clc1ccncc1.Nc1ncc(CCc2ccncc2)s1.O=CCCCc1ccncc1.[OH3+]. The molecule has 0 aromatic carbocycles. The first-order valence-corrected chi connectivity index (χ1v) is 20.2. The summed E-state index contributed by atoms with van der Waals surface area (Å²) in [5.41, 5.74) is 9.41. The van der Waals surface area contributed by atoms with Gasteiger partial charge in [-0.2, -0.15) is 0 Å². The molecular formula is C41H59BrClN6O6S+. The smallest absolute Gasteiger partial charge is 0.180 e. The molecule has 5 rings (SSSR count). The number of pyridine rings is 4. The Kier molecular flexibility index (Phi) is 34.4. The summed E-state index contributed by atoms with van der Waals surface area (Å²) in [6, 6.07) is 15.6. The highest BCUT2D eigenvalue weighted by Gasteiger charge is 2.04. The number of hydrogen-bond donors (Lipinski definition) is 1. The average molecular weight is 879 g/mol. The number of hydrogen-bond acceptors (Lipinski definition) is 12. The van der Waals surface area contributed by atoms with Gasteiger partial charge in [0, 0.05) is 106 Å². The van der Waals surface area contributed by atoms with Crippen LogP contribution in [0.5, 0.6) is 0 Å². The minimum atomic E-state index is -0.0724. The van der Waals surface area contributed by atoms with Crippen molar-refractivity contribution in [2.24, 2.45) is 0 Å². The molecule has 0 atom stereocenters. The molecule has 0 bridgehead atoms. The van der Waals surface area contributed by atoms with Crippen molar-refractivity contribution in [2.45, 2.75) is 76.8 Å². The average Bonchev–Trinajstić information content (AvgIpc) is 3.66. The van der Waals surface area contributed by atoms with E-state index in [1.165, 1.54) is 21.6 Å². The maximum atomic E-state index is 9.98. The Morgan fingerprint density at radius 3 is 1.43 bits per heavy atom. The summed E-state index contributed by atoms with van der Waals surface area (Å²) in [6.07, 6.45) is 26.5. The Hall–Kier alpha value is -3.73. The molecule has 5 aromatic heterocycles. The van der Waals surface area contributed by atoms with Gasteiger partial charge in [0.1, 0.15) is 6.29 Å². The number of alkyl halides is 1. The molecule has 12 nitrogen and oxygen atoms in total. The van der Waals surface area contributed by atoms with Crippen LogP contribution in [-0.2, 0) is 54.9 Å². The zero-order valence-electron chi connectivity index (χ0n) is 32.9. The second kappa shape index (κ2) is 36.9. The van der Waals surface area contributed by atoms with Gasteiger partial charge in [0.15, 0.2) is 17.7 Å². The molecule has 0 aliphatic carbocycles. The van der Waals surface area contributed by atoms with Gasteiger partial charge < -0.3 is 35.0 Å². The zero-order chi connectivity index (χ0) is 40.2. The van der Waals surface area contributed by atoms with Crippen molar-refractivity contribution >= 4 is 50.3 Å². The van der Waals surface area contributed by atoms with Crippen LogP contribution in [0.15, 0.2) is 104 Å². The summed E-state index contributed by atoms with van der Waals surface area (Å²) >= 11 is 10.4. The summed E-state index contributed by atoms with van der Waals surface area (Å²) < 4.78 is 20.1. The van der Waals surface area contributed by atoms with E-state index >= 15 is 0 Å². The number of aryl methyl sites for hydroxylation is 4. The molecule has 0 radical (unpaired) electrons. The van der Waals surface area contributed by atoms with E-state index in [9.17, 15) is 4.79 Å². The molecular weight excluding hydrogens is 820 g/mol. The molecule has 0 fully saturated rings. The lowest BCUT2D eigenvalue weighted by Crippen LogP contribution is -2.12. The predicted molar refractivity (Wildman–Crippen MR) is 231 cm³/mol. The van der Waals surface area contributed by atoms with Crippen molar-refractivity contribution < 1.29 is 29.2 Å². The normalized spacial score (nSPS) is 9.93. The highest BCUT2D eigenvalue weighted by atomic mass is 79.9. The van der Waals surface area contributed by atoms with Crippen LogP contribution in [0.25, 0.3) is 0 Å². The van der Waals surface area contributed by atoms with Crippen LogP contribution in [0.1, 0.15) is 60.1 Å². The standard InChI is InChI=1S/C11H17NO2.C10H11N3S.C9H11NO.C6H13BrO2.C5H4ClN.H2O/c1-13-11(14-2)5-3-4-10-6-8-12-9-7-10;11-10-13-7-9(14-10)2-1-8-3-5-12-6-4-8;11-8-2-1-3-9-4-6-10-7-5-9;1-8-6(9-2)4-3-5-7;6-5-1-3-7-4-2-5;/h6-9,11H,3-5H2,1-2H3;3-7H,1-2H2,(H2,11,13);4-8H,1-3H2;6H,3-5H2,1-2H3;1-4H;1H2/p+1. The van der Waals surface area contributed by atoms with Crippen LogP contribution in [0.4, 0.5) is 5.13 Å². The fourth-order valence-corrected chi connectivity index (χ4v) is 5.58. The highest BCUT2D eigenvalue weighted by Crippen LogP contribution is 2.16. The van der Waals surface area contributed by atoms with E-state index in [2.05, 4.69) is 40.8 Å². The molecule has 0 spiro atoms. The first kappa shape index (κ1) is 52.3. The van der Waals surface area contributed by atoms with E-state index in [4.69, 9.17) is 36.3 Å². The number of rotatable bonds is 18. The summed E-state index contributed by atoms with van der Waals surface area (Å²) in [4.78, 5) is 30.8. The minimum Gasteiger partial charge on any atom is -0.457 e. The fourth-order valence-electron chi connectivity index (χ4n) is 4.46. The monoisotopic (exact) mass is 877 g/mol. The molecule has 0 amide bonds. The van der Waals surface area contributed by atoms with Crippen LogP contribution in [0, 0.1) is 0 Å². The van der Waals surface area contributed by atoms with Gasteiger partial charge in [-0.05, 0) is 123 Å². The van der Waals surface area contributed by atoms with Crippen molar-refractivity contribution in [2.75, 3.05) is 39.5 Å². The van der Waals surface area contributed by atoms with Gasteiger partial charge in [0.2, 0.25) is 0 Å². The number of carbonyl (C=O) groups is 1. The number of aromatic nitrogens is 5. The molecule has 0 unspecified atom stereocenters. The Bertz CT molecular complexity index is 1560. The van der Waals surface area contributed by atoms with E-state index in [0.29, 0.717) is 11.6 Å². The van der Waals surface area contributed by atoms with E-state index in [1.807, 2.05) is 67.4 Å². The highest BCUT2D eigenvalue weighted by molar-refractivity contribution is 9.09. The van der Waals surface area contributed by atoms with Crippen LogP contribution < -0.4 is 5.73 Å². The van der Waals surface area contributed by atoms with Crippen LogP contribution in [0.3, 0.4) is 0 Å². The molecule has 15 heteroatoms. The number of nitrogens with zero attached hydrogens (tertiary/aromatic N) is 5. The third kappa shape index (κ3) is 28.6. The number of nitrogens with two attached hydrogens (primary N) is 1. The molecule has 56 heavy (non-hydrogen) atoms. The molecule has 0 saturated carbocycles. The number of thiazole rings is 1. The third-order valence-corrected chi connectivity index (χ3v) is 9.14. The molecule has 0 saturated heterocycles. The van der Waals surface area contributed by atoms with Gasteiger partial charge in [-0.15, -0.1) is 11.3 Å². The van der Waals surface area contributed by atoms with Crippen LogP contribution in [0.2, 0.25) is 5.02 Å². The van der Waals surface area contributed by atoms with Crippen molar-refractivity contribution in [3.63, 3.8) is 0 Å². The Labute approximate surface area is 350 Å². The first-order valence-electron chi connectivity index (χ1n) is 17.9. The number of ether oxygens (including phenoxy) is 4. The number of halogens is 2. The quantitative estimate of drug-likeness (QED) is 0.0296. The molecule has 0 aliphatic heterocycles. The second-order valence-electron chi connectivity index (χ2n) is 11.5. The van der Waals surface area contributed by atoms with Crippen LogP contribution in [-0.4, -0.2) is 77.6 Å². The second-order valence-corrected chi connectivity index (χ2v) is 13.9. The lowest BCUT2D eigenvalue weighted by atomic mass is 10.1. The lowest BCUT2D eigenvalue weighted by molar-refractivity contribution is -0.108. The van der Waals surface area contributed by atoms with E-state index in [-0.39, 0.29) is 18.1 Å². The van der Waals surface area contributed by atoms with E-state index < -0.39 is 0 Å². The number of methoxy groups -OCH3 is 4. The number of anilines is 1. The largest absolute Gasteiger partial charge is 0.457 e. The predicted octanol–water partition coefficient (Wildman–Crippen LogP) is 8.13.